The molecular formula is C19H23N. The summed E-state index contributed by atoms with van der Waals surface area (Å²) in [6.07, 6.45) is 5.82. The lowest BCUT2D eigenvalue weighted by atomic mass is 9.74. The summed E-state index contributed by atoms with van der Waals surface area (Å²) in [6, 6.07) is 17.3. The molecule has 1 heterocycles. The molecule has 0 saturated heterocycles. The van der Waals surface area contributed by atoms with Crippen LogP contribution in [0.3, 0.4) is 0 Å². The van der Waals surface area contributed by atoms with E-state index in [9.17, 15) is 0 Å². The molecule has 0 spiro atoms. The highest BCUT2D eigenvalue weighted by Gasteiger charge is 2.38. The molecule has 1 aliphatic carbocycles. The minimum absolute atomic E-state index is 0.171. The van der Waals surface area contributed by atoms with Crippen LogP contribution in [-0.2, 0) is 5.41 Å². The first-order chi connectivity index (χ1) is 9.68. The van der Waals surface area contributed by atoms with Crippen LogP contribution < -0.4 is 0 Å². The van der Waals surface area contributed by atoms with Crippen LogP contribution in [-0.4, -0.2) is 4.98 Å². The molecule has 2 aromatic rings. The van der Waals surface area contributed by atoms with Gasteiger partial charge in [0, 0.05) is 17.3 Å². The number of aromatic nitrogens is 1. The first-order valence-corrected chi connectivity index (χ1v) is 7.64. The van der Waals surface area contributed by atoms with E-state index < -0.39 is 0 Å². The van der Waals surface area contributed by atoms with Crippen molar-refractivity contribution in [3.8, 4) is 0 Å². The zero-order valence-corrected chi connectivity index (χ0v) is 12.4. The third-order valence-electron chi connectivity index (χ3n) is 5.05. The van der Waals surface area contributed by atoms with Crippen LogP contribution in [0, 0.1) is 5.92 Å². The van der Waals surface area contributed by atoms with Crippen molar-refractivity contribution < 1.29 is 0 Å². The summed E-state index contributed by atoms with van der Waals surface area (Å²) in [7, 11) is 0. The smallest absolute Gasteiger partial charge is 0.0462 e. The molecule has 2 atom stereocenters. The minimum Gasteiger partial charge on any atom is -0.261 e. The maximum atomic E-state index is 4.59. The Kier molecular flexibility index (Phi) is 3.60. The van der Waals surface area contributed by atoms with Crippen LogP contribution >= 0.6 is 0 Å². The van der Waals surface area contributed by atoms with Crippen LogP contribution in [0.5, 0.6) is 0 Å². The highest BCUT2D eigenvalue weighted by Crippen LogP contribution is 2.47. The Labute approximate surface area is 122 Å². The van der Waals surface area contributed by atoms with E-state index in [1.807, 2.05) is 12.3 Å². The van der Waals surface area contributed by atoms with E-state index >= 15 is 0 Å². The van der Waals surface area contributed by atoms with E-state index in [0.717, 1.165) is 11.8 Å². The van der Waals surface area contributed by atoms with Crippen molar-refractivity contribution in [3.63, 3.8) is 0 Å². The summed E-state index contributed by atoms with van der Waals surface area (Å²) in [4.78, 5) is 4.59. The van der Waals surface area contributed by atoms with Crippen molar-refractivity contribution in [1.82, 2.24) is 4.98 Å². The third kappa shape index (κ3) is 2.49. The van der Waals surface area contributed by atoms with Gasteiger partial charge in [-0.1, -0.05) is 50.2 Å². The molecule has 0 bridgehead atoms. The Morgan fingerprint density at radius 2 is 1.70 bits per heavy atom. The van der Waals surface area contributed by atoms with Crippen molar-refractivity contribution in [1.29, 1.82) is 0 Å². The van der Waals surface area contributed by atoms with Crippen LogP contribution in [0.1, 0.15) is 50.3 Å². The zero-order valence-electron chi connectivity index (χ0n) is 12.4. The van der Waals surface area contributed by atoms with Gasteiger partial charge in [0.05, 0.1) is 0 Å². The second kappa shape index (κ2) is 5.40. The molecule has 0 radical (unpaired) electrons. The van der Waals surface area contributed by atoms with Crippen molar-refractivity contribution >= 4 is 0 Å². The van der Waals surface area contributed by atoms with Gasteiger partial charge in [0.1, 0.15) is 0 Å². The first kappa shape index (κ1) is 13.4. The highest BCUT2D eigenvalue weighted by atomic mass is 14.7. The van der Waals surface area contributed by atoms with Gasteiger partial charge in [0.15, 0.2) is 0 Å². The molecule has 1 heteroatoms. The summed E-state index contributed by atoms with van der Waals surface area (Å²) >= 11 is 0. The van der Waals surface area contributed by atoms with Gasteiger partial charge in [0.25, 0.3) is 0 Å². The normalized spacial score (nSPS) is 22.9. The molecule has 20 heavy (non-hydrogen) atoms. The fraction of sp³-hybridized carbons (Fsp3) is 0.421. The van der Waals surface area contributed by atoms with Gasteiger partial charge in [0.2, 0.25) is 0 Å². The summed E-state index contributed by atoms with van der Waals surface area (Å²) < 4.78 is 0. The van der Waals surface area contributed by atoms with Gasteiger partial charge in [-0.15, -0.1) is 0 Å². The average Bonchev–Trinajstić information content (AvgIpc) is 3.00. The van der Waals surface area contributed by atoms with Crippen molar-refractivity contribution in [2.45, 2.75) is 44.4 Å². The highest BCUT2D eigenvalue weighted by molar-refractivity contribution is 5.23. The fourth-order valence-electron chi connectivity index (χ4n) is 3.62. The molecule has 2 unspecified atom stereocenters. The van der Waals surface area contributed by atoms with Crippen LogP contribution in [0.25, 0.3) is 0 Å². The molecule has 1 fully saturated rings. The topological polar surface area (TPSA) is 12.9 Å². The van der Waals surface area contributed by atoms with Crippen LogP contribution in [0.2, 0.25) is 0 Å². The van der Waals surface area contributed by atoms with Crippen LogP contribution in [0.4, 0.5) is 0 Å². The van der Waals surface area contributed by atoms with Gasteiger partial charge in [-0.25, -0.2) is 0 Å². The monoisotopic (exact) mass is 265 g/mol. The zero-order chi connectivity index (χ0) is 14.0. The molecule has 0 amide bonds. The van der Waals surface area contributed by atoms with E-state index in [-0.39, 0.29) is 5.41 Å². The fourth-order valence-corrected chi connectivity index (χ4v) is 3.62. The lowest BCUT2D eigenvalue weighted by molar-refractivity contribution is 0.314. The van der Waals surface area contributed by atoms with Gasteiger partial charge in [-0.2, -0.15) is 0 Å². The van der Waals surface area contributed by atoms with Crippen molar-refractivity contribution in [3.05, 3.63) is 66.0 Å². The maximum Gasteiger partial charge on any atom is 0.0462 e. The molecular weight excluding hydrogens is 242 g/mol. The lowest BCUT2D eigenvalue weighted by Crippen LogP contribution is -2.28. The molecule has 0 aliphatic heterocycles. The summed E-state index contributed by atoms with van der Waals surface area (Å²) in [5.41, 5.74) is 2.91. The summed E-state index contributed by atoms with van der Waals surface area (Å²) in [6.45, 7) is 4.71. The van der Waals surface area contributed by atoms with E-state index in [0.29, 0.717) is 0 Å². The van der Waals surface area contributed by atoms with Gasteiger partial charge in [-0.05, 0) is 48.8 Å². The number of hydrogen-bond acceptors (Lipinski definition) is 1. The number of hydrogen-bond donors (Lipinski definition) is 0. The molecule has 1 saturated carbocycles. The second-order valence-electron chi connectivity index (χ2n) is 6.55. The molecule has 1 nitrogen and oxygen atoms in total. The third-order valence-corrected chi connectivity index (χ3v) is 5.05. The number of rotatable bonds is 3. The predicted molar refractivity (Wildman–Crippen MR) is 83.8 cm³/mol. The number of pyridine rings is 1. The largest absolute Gasteiger partial charge is 0.261 e. The lowest BCUT2D eigenvalue weighted by Gasteiger charge is -2.31. The SMILES string of the molecule is CC(C)(c1ccccn1)C1CCC(c2ccccc2)C1. The van der Waals surface area contributed by atoms with Crippen molar-refractivity contribution in [2.24, 2.45) is 5.92 Å². The quantitative estimate of drug-likeness (QED) is 0.765. The number of benzene rings is 1. The average molecular weight is 265 g/mol. The predicted octanol–water partition coefficient (Wildman–Crippen LogP) is 4.94. The van der Waals surface area contributed by atoms with E-state index in [2.05, 4.69) is 61.3 Å². The Morgan fingerprint density at radius 1 is 0.950 bits per heavy atom. The molecule has 0 N–H and O–H groups in total. The Morgan fingerprint density at radius 3 is 2.40 bits per heavy atom. The van der Waals surface area contributed by atoms with E-state index in [4.69, 9.17) is 0 Å². The van der Waals surface area contributed by atoms with E-state index in [1.165, 1.54) is 30.5 Å². The van der Waals surface area contributed by atoms with E-state index in [1.54, 1.807) is 0 Å². The van der Waals surface area contributed by atoms with Gasteiger partial charge in [-0.3, -0.25) is 4.98 Å². The molecule has 104 valence electrons. The molecule has 3 rings (SSSR count). The molecule has 1 aromatic heterocycles. The van der Waals surface area contributed by atoms with Crippen molar-refractivity contribution in [2.75, 3.05) is 0 Å². The minimum atomic E-state index is 0.171. The van der Waals surface area contributed by atoms with Gasteiger partial charge < -0.3 is 0 Å². The Balaban J connectivity index is 1.77. The standard InChI is InChI=1S/C19H23N/c1-19(2,18-10-6-7-13-20-18)17-12-11-16(14-17)15-8-4-3-5-9-15/h3-10,13,16-17H,11-12,14H2,1-2H3. The van der Waals surface area contributed by atoms with Gasteiger partial charge >= 0.3 is 0 Å². The van der Waals surface area contributed by atoms with Crippen LogP contribution in [0.15, 0.2) is 54.7 Å². The maximum absolute atomic E-state index is 4.59. The number of nitrogens with zero attached hydrogens (tertiary/aromatic N) is 1. The molecule has 1 aliphatic rings. The summed E-state index contributed by atoms with van der Waals surface area (Å²) in [5.74, 6) is 1.45. The molecule has 1 aromatic carbocycles. The Hall–Kier alpha value is -1.63. The second-order valence-corrected chi connectivity index (χ2v) is 6.55. The Bertz CT molecular complexity index is 544. The summed E-state index contributed by atoms with van der Waals surface area (Å²) in [5, 5.41) is 0. The first-order valence-electron chi connectivity index (χ1n) is 7.64.